The Bertz CT molecular complexity index is 1380. The highest BCUT2D eigenvalue weighted by Crippen LogP contribution is 2.18. The Morgan fingerprint density at radius 3 is 2.66 bits per heavy atom. The van der Waals surface area contributed by atoms with Crippen LogP contribution in [0.15, 0.2) is 53.9 Å². The highest BCUT2D eigenvalue weighted by atomic mass is 32.1. The molecule has 1 aliphatic heterocycles. The zero-order valence-corrected chi connectivity index (χ0v) is 23.5. The second-order valence-electron chi connectivity index (χ2n) is 9.63. The number of carbonyl (C=O) groups excluding carboxylic acids is 4. The predicted molar refractivity (Wildman–Crippen MR) is 153 cm³/mol. The third-order valence-corrected chi connectivity index (χ3v) is 7.39. The third kappa shape index (κ3) is 8.77. The minimum Gasteiger partial charge on any atom is -0.508 e. The van der Waals surface area contributed by atoms with Crippen LogP contribution in [0.1, 0.15) is 39.5 Å². The number of ether oxygens (including phenoxy) is 1. The largest absolute Gasteiger partial charge is 0.508 e. The normalized spacial score (nSPS) is 18.1. The minimum atomic E-state index is -1.20. The molecule has 216 valence electrons. The number of nitrogens with one attached hydrogen (secondary N) is 4. The Hall–Kier alpha value is -4.45. The lowest BCUT2D eigenvalue weighted by Crippen LogP contribution is -2.53. The van der Waals surface area contributed by atoms with Gasteiger partial charge in [-0.25, -0.2) is 4.98 Å². The SMILES string of the molecule is Cc1csc(CCCNC(=O)[C@@H]2CC(=O)N[C@@H](Cc3ccc(O)cc3)C(=O)NCCOc3ccccc3C(=O)N2)n1. The summed E-state index contributed by atoms with van der Waals surface area (Å²) in [4.78, 5) is 57.0. The van der Waals surface area contributed by atoms with Crippen LogP contribution in [0.2, 0.25) is 0 Å². The van der Waals surface area contributed by atoms with Crippen molar-refractivity contribution < 1.29 is 29.0 Å². The van der Waals surface area contributed by atoms with Crippen molar-refractivity contribution in [1.29, 1.82) is 0 Å². The number of carbonyl (C=O) groups is 4. The fourth-order valence-corrected chi connectivity index (χ4v) is 5.11. The van der Waals surface area contributed by atoms with Crippen molar-refractivity contribution in [2.75, 3.05) is 19.7 Å². The van der Waals surface area contributed by atoms with Crippen LogP contribution in [0, 0.1) is 6.92 Å². The number of thiazole rings is 1. The van der Waals surface area contributed by atoms with Crippen molar-refractivity contribution in [3.63, 3.8) is 0 Å². The first kappa shape index (κ1) is 29.5. The molecular formula is C29H33N5O6S. The number of aryl methyl sites for hydroxylation is 2. The molecular weight excluding hydrogens is 546 g/mol. The van der Waals surface area contributed by atoms with Gasteiger partial charge in [-0.15, -0.1) is 11.3 Å². The Morgan fingerprint density at radius 1 is 1.12 bits per heavy atom. The van der Waals surface area contributed by atoms with Crippen LogP contribution in [0.25, 0.3) is 0 Å². The number of aromatic nitrogens is 1. The van der Waals surface area contributed by atoms with Gasteiger partial charge < -0.3 is 31.1 Å². The number of phenols is 1. The van der Waals surface area contributed by atoms with E-state index in [1.165, 1.54) is 12.1 Å². The summed E-state index contributed by atoms with van der Waals surface area (Å²) in [6, 6.07) is 10.7. The summed E-state index contributed by atoms with van der Waals surface area (Å²) < 4.78 is 5.76. The van der Waals surface area contributed by atoms with Crippen LogP contribution in [-0.2, 0) is 27.2 Å². The molecule has 0 unspecified atom stereocenters. The second kappa shape index (κ2) is 14.3. The lowest BCUT2D eigenvalue weighted by atomic mass is 10.0. The highest BCUT2D eigenvalue weighted by molar-refractivity contribution is 7.09. The van der Waals surface area contributed by atoms with Gasteiger partial charge in [-0.2, -0.15) is 0 Å². The van der Waals surface area contributed by atoms with Gasteiger partial charge in [0, 0.05) is 30.5 Å². The average molecular weight is 580 g/mol. The molecule has 0 radical (unpaired) electrons. The molecule has 4 amide bonds. The summed E-state index contributed by atoms with van der Waals surface area (Å²) in [5, 5.41) is 23.4. The summed E-state index contributed by atoms with van der Waals surface area (Å²) in [5.41, 5.74) is 1.87. The first-order chi connectivity index (χ1) is 19.8. The van der Waals surface area contributed by atoms with Gasteiger partial charge >= 0.3 is 0 Å². The number of hydrogen-bond donors (Lipinski definition) is 5. The summed E-state index contributed by atoms with van der Waals surface area (Å²) in [5.74, 6) is -1.72. The number of hydrogen-bond acceptors (Lipinski definition) is 8. The highest BCUT2D eigenvalue weighted by Gasteiger charge is 2.28. The number of benzene rings is 2. The van der Waals surface area contributed by atoms with Crippen molar-refractivity contribution in [2.24, 2.45) is 0 Å². The molecule has 5 N–H and O–H groups in total. The van der Waals surface area contributed by atoms with E-state index in [0.717, 1.165) is 10.7 Å². The maximum atomic E-state index is 13.2. The fraction of sp³-hybridized carbons (Fsp3) is 0.345. The monoisotopic (exact) mass is 579 g/mol. The van der Waals surface area contributed by atoms with Crippen LogP contribution < -0.4 is 26.0 Å². The number of fused-ring (bicyclic) bond motifs is 1. The van der Waals surface area contributed by atoms with E-state index in [9.17, 15) is 24.3 Å². The zero-order valence-electron chi connectivity index (χ0n) is 22.6. The molecule has 2 heterocycles. The molecule has 4 rings (SSSR count). The van der Waals surface area contributed by atoms with Crippen molar-refractivity contribution in [2.45, 2.75) is 44.7 Å². The van der Waals surface area contributed by atoms with Crippen molar-refractivity contribution in [1.82, 2.24) is 26.3 Å². The predicted octanol–water partition coefficient (Wildman–Crippen LogP) is 1.63. The van der Waals surface area contributed by atoms with E-state index in [4.69, 9.17) is 4.74 Å². The summed E-state index contributed by atoms with van der Waals surface area (Å²) >= 11 is 1.56. The van der Waals surface area contributed by atoms with Crippen molar-refractivity contribution in [3.05, 3.63) is 75.7 Å². The van der Waals surface area contributed by atoms with Gasteiger partial charge in [0.2, 0.25) is 17.7 Å². The number of para-hydroxylation sites is 1. The maximum absolute atomic E-state index is 13.2. The molecule has 1 aliphatic rings. The lowest BCUT2D eigenvalue weighted by molar-refractivity contribution is -0.131. The van der Waals surface area contributed by atoms with Crippen LogP contribution in [0.4, 0.5) is 0 Å². The molecule has 3 aromatic rings. The second-order valence-corrected chi connectivity index (χ2v) is 10.6. The van der Waals surface area contributed by atoms with Crippen molar-refractivity contribution >= 4 is 35.0 Å². The molecule has 0 spiro atoms. The van der Waals surface area contributed by atoms with Gasteiger partial charge in [-0.1, -0.05) is 24.3 Å². The van der Waals surface area contributed by atoms with Crippen LogP contribution in [-0.4, -0.2) is 65.5 Å². The smallest absolute Gasteiger partial charge is 0.255 e. The number of nitrogens with zero attached hydrogens (tertiary/aromatic N) is 1. The molecule has 1 aromatic heterocycles. The molecule has 41 heavy (non-hydrogen) atoms. The van der Waals surface area contributed by atoms with Crippen LogP contribution >= 0.6 is 11.3 Å². The first-order valence-electron chi connectivity index (χ1n) is 13.3. The molecule has 12 heteroatoms. The Balaban J connectivity index is 1.49. The molecule has 2 aromatic carbocycles. The van der Waals surface area contributed by atoms with Crippen molar-refractivity contribution in [3.8, 4) is 11.5 Å². The number of rotatable bonds is 7. The standard InChI is InChI=1S/C29H33N5O6S/c1-18-17-41-26(32-18)7-4-12-30-29(39)23-16-25(36)33-22(15-19-8-10-20(35)11-9-19)28(38)31-13-14-40-24-6-3-2-5-21(24)27(37)34-23/h2-3,5-6,8-11,17,22-23,35H,4,7,12-16H2,1H3,(H,30,39)(H,31,38)(H,33,36)(H,34,37)/t22-,23-/m0/s1. The van der Waals surface area contributed by atoms with Gasteiger partial charge in [-0.3, -0.25) is 19.2 Å². The molecule has 11 nitrogen and oxygen atoms in total. The van der Waals surface area contributed by atoms with Gasteiger partial charge in [0.25, 0.3) is 5.91 Å². The van der Waals surface area contributed by atoms with Crippen LogP contribution in [0.5, 0.6) is 11.5 Å². The molecule has 0 bridgehead atoms. The first-order valence-corrected chi connectivity index (χ1v) is 14.2. The molecule has 0 aliphatic carbocycles. The fourth-order valence-electron chi connectivity index (χ4n) is 4.29. The summed E-state index contributed by atoms with van der Waals surface area (Å²) in [6.45, 7) is 2.47. The van der Waals surface area contributed by atoms with Crippen LogP contribution in [0.3, 0.4) is 0 Å². The number of aromatic hydroxyl groups is 1. The van der Waals surface area contributed by atoms with E-state index in [0.29, 0.717) is 30.7 Å². The average Bonchev–Trinajstić information content (AvgIpc) is 3.38. The van der Waals surface area contributed by atoms with E-state index >= 15 is 0 Å². The zero-order chi connectivity index (χ0) is 29.2. The summed E-state index contributed by atoms with van der Waals surface area (Å²) in [7, 11) is 0. The van der Waals surface area contributed by atoms with E-state index in [1.54, 1.807) is 47.7 Å². The minimum absolute atomic E-state index is 0.0806. The topological polar surface area (TPSA) is 159 Å². The van der Waals surface area contributed by atoms with E-state index in [-0.39, 0.29) is 37.3 Å². The van der Waals surface area contributed by atoms with Gasteiger partial charge in [0.15, 0.2) is 0 Å². The third-order valence-electron chi connectivity index (χ3n) is 6.36. The molecule has 0 saturated carbocycles. The molecule has 2 atom stereocenters. The molecule has 0 saturated heterocycles. The Kier molecular flexibility index (Phi) is 10.3. The quantitative estimate of drug-likeness (QED) is 0.266. The van der Waals surface area contributed by atoms with Gasteiger partial charge in [0.05, 0.1) is 23.5 Å². The van der Waals surface area contributed by atoms with E-state index < -0.39 is 35.7 Å². The van der Waals surface area contributed by atoms with Gasteiger partial charge in [0.1, 0.15) is 30.2 Å². The maximum Gasteiger partial charge on any atom is 0.255 e. The van der Waals surface area contributed by atoms with Gasteiger partial charge in [-0.05, 0) is 43.2 Å². The Morgan fingerprint density at radius 2 is 1.90 bits per heavy atom. The lowest BCUT2D eigenvalue weighted by Gasteiger charge is -2.23. The Labute approximate surface area is 241 Å². The number of amides is 4. The number of phenolic OH excluding ortho intramolecular Hbond substituents is 1. The van der Waals surface area contributed by atoms with E-state index in [2.05, 4.69) is 26.3 Å². The molecule has 0 fully saturated rings. The summed E-state index contributed by atoms with van der Waals surface area (Å²) in [6.07, 6.45) is 1.10. The van der Waals surface area contributed by atoms with E-state index in [1.807, 2.05) is 12.3 Å².